The molecule has 2 rings (SSSR count). The molecule has 1 fully saturated rings. The topological polar surface area (TPSA) is 114 Å². The van der Waals surface area contributed by atoms with E-state index in [1.807, 2.05) is 13.8 Å². The molecule has 0 spiro atoms. The van der Waals surface area contributed by atoms with Crippen LogP contribution in [0.25, 0.3) is 0 Å². The summed E-state index contributed by atoms with van der Waals surface area (Å²) in [7, 11) is 0. The molecule has 2 heterocycles. The number of nitrogen functional groups attached to an aromatic ring is 1. The van der Waals surface area contributed by atoms with Gasteiger partial charge in [-0.3, -0.25) is 9.59 Å². The number of rotatable bonds is 5. The molecule has 0 aliphatic carbocycles. The minimum absolute atomic E-state index is 0.0846. The predicted octanol–water partition coefficient (Wildman–Crippen LogP) is 0.565. The summed E-state index contributed by atoms with van der Waals surface area (Å²) in [5, 5.41) is 3.39. The zero-order valence-electron chi connectivity index (χ0n) is 12.3. The summed E-state index contributed by atoms with van der Waals surface area (Å²) in [6.45, 7) is 5.51. The first kappa shape index (κ1) is 15.6. The van der Waals surface area contributed by atoms with E-state index in [0.717, 1.165) is 31.1 Å². The number of thiazole rings is 1. The lowest BCUT2D eigenvalue weighted by molar-refractivity contribution is -0.120. The van der Waals surface area contributed by atoms with Crippen molar-refractivity contribution in [2.75, 3.05) is 23.7 Å². The van der Waals surface area contributed by atoms with Gasteiger partial charge in [-0.1, -0.05) is 25.2 Å². The Morgan fingerprint density at radius 3 is 2.48 bits per heavy atom. The quantitative estimate of drug-likeness (QED) is 0.735. The largest absolute Gasteiger partial charge is 0.382 e. The van der Waals surface area contributed by atoms with Crippen LogP contribution in [0.2, 0.25) is 0 Å². The first-order chi connectivity index (χ1) is 9.90. The first-order valence-corrected chi connectivity index (χ1v) is 7.83. The van der Waals surface area contributed by atoms with Crippen molar-refractivity contribution >= 4 is 34.1 Å². The lowest BCUT2D eigenvalue weighted by Crippen LogP contribution is -2.47. The normalized spacial score (nSPS) is 16.2. The van der Waals surface area contributed by atoms with Crippen LogP contribution in [-0.2, 0) is 4.79 Å². The lowest BCUT2D eigenvalue weighted by atomic mass is 10.0. The number of carbonyl (C=O) groups is 2. The van der Waals surface area contributed by atoms with Crippen molar-refractivity contribution in [2.45, 2.75) is 32.7 Å². The molecule has 0 saturated carbocycles. The monoisotopic (exact) mass is 311 g/mol. The van der Waals surface area contributed by atoms with E-state index in [2.05, 4.69) is 15.2 Å². The Labute approximate surface area is 127 Å². The van der Waals surface area contributed by atoms with Gasteiger partial charge >= 0.3 is 0 Å². The standard InChI is InChI=1S/C13H21N5O2S/c1-7(2)8(11(15)19)16-12(20)9-10(14)17-13(21-9)18-5-3-4-6-18/h7-8H,3-6,14H2,1-2H3,(H2,15,19)(H,16,20). The molecular weight excluding hydrogens is 290 g/mol. The number of nitrogens with two attached hydrogens (primary N) is 2. The predicted molar refractivity (Wildman–Crippen MR) is 83.3 cm³/mol. The molecule has 1 aromatic heterocycles. The molecule has 1 saturated heterocycles. The Kier molecular flexibility index (Phi) is 4.66. The highest BCUT2D eigenvalue weighted by atomic mass is 32.1. The van der Waals surface area contributed by atoms with E-state index in [-0.39, 0.29) is 11.7 Å². The molecule has 0 bridgehead atoms. The van der Waals surface area contributed by atoms with E-state index in [4.69, 9.17) is 11.5 Å². The second-order valence-corrected chi connectivity index (χ2v) is 6.48. The van der Waals surface area contributed by atoms with E-state index >= 15 is 0 Å². The van der Waals surface area contributed by atoms with Gasteiger partial charge in [0.25, 0.3) is 5.91 Å². The van der Waals surface area contributed by atoms with Crippen LogP contribution in [0.1, 0.15) is 36.4 Å². The summed E-state index contributed by atoms with van der Waals surface area (Å²) in [5.74, 6) is -0.834. The molecule has 1 atom stereocenters. The number of anilines is 2. The minimum atomic E-state index is -0.714. The number of nitrogens with one attached hydrogen (secondary N) is 1. The van der Waals surface area contributed by atoms with Crippen LogP contribution >= 0.6 is 11.3 Å². The molecular formula is C13H21N5O2S. The van der Waals surface area contributed by atoms with Gasteiger partial charge in [-0.2, -0.15) is 0 Å². The number of nitrogens with zero attached hydrogens (tertiary/aromatic N) is 2. The van der Waals surface area contributed by atoms with E-state index in [9.17, 15) is 9.59 Å². The molecule has 7 nitrogen and oxygen atoms in total. The van der Waals surface area contributed by atoms with Crippen LogP contribution in [-0.4, -0.2) is 35.9 Å². The smallest absolute Gasteiger partial charge is 0.265 e. The van der Waals surface area contributed by atoms with Crippen molar-refractivity contribution in [3.05, 3.63) is 4.88 Å². The summed E-state index contributed by atoms with van der Waals surface area (Å²) in [6.07, 6.45) is 2.25. The van der Waals surface area contributed by atoms with E-state index in [1.165, 1.54) is 11.3 Å². The van der Waals surface area contributed by atoms with Crippen LogP contribution in [0.15, 0.2) is 0 Å². The molecule has 5 N–H and O–H groups in total. The third-order valence-corrected chi connectivity index (χ3v) is 4.62. The fraction of sp³-hybridized carbons (Fsp3) is 0.615. The maximum Gasteiger partial charge on any atom is 0.265 e. The van der Waals surface area contributed by atoms with Gasteiger partial charge in [0.1, 0.15) is 16.7 Å². The highest BCUT2D eigenvalue weighted by Crippen LogP contribution is 2.30. The fourth-order valence-corrected chi connectivity index (χ4v) is 3.24. The molecule has 1 aliphatic heterocycles. The van der Waals surface area contributed by atoms with Crippen molar-refractivity contribution < 1.29 is 9.59 Å². The van der Waals surface area contributed by atoms with Crippen LogP contribution in [0.4, 0.5) is 10.9 Å². The van der Waals surface area contributed by atoms with Crippen molar-refractivity contribution in [3.63, 3.8) is 0 Å². The fourth-order valence-electron chi connectivity index (χ4n) is 2.30. The molecule has 116 valence electrons. The molecule has 1 aliphatic rings. The van der Waals surface area contributed by atoms with Gasteiger partial charge in [-0.25, -0.2) is 4.98 Å². The first-order valence-electron chi connectivity index (χ1n) is 7.01. The van der Waals surface area contributed by atoms with Gasteiger partial charge in [0, 0.05) is 13.1 Å². The summed E-state index contributed by atoms with van der Waals surface area (Å²) in [4.78, 5) is 30.3. The highest BCUT2D eigenvalue weighted by Gasteiger charge is 2.26. The summed E-state index contributed by atoms with van der Waals surface area (Å²) in [6, 6.07) is -0.714. The van der Waals surface area contributed by atoms with Crippen molar-refractivity contribution in [2.24, 2.45) is 11.7 Å². The number of hydrogen-bond acceptors (Lipinski definition) is 6. The number of primary amides is 1. The average molecular weight is 311 g/mol. The maximum atomic E-state index is 12.3. The zero-order valence-corrected chi connectivity index (χ0v) is 13.1. The molecule has 1 aromatic rings. The average Bonchev–Trinajstić information content (AvgIpc) is 3.03. The molecule has 0 radical (unpaired) electrons. The number of aromatic nitrogens is 1. The van der Waals surface area contributed by atoms with E-state index < -0.39 is 17.9 Å². The molecule has 8 heteroatoms. The minimum Gasteiger partial charge on any atom is -0.382 e. The van der Waals surface area contributed by atoms with Crippen molar-refractivity contribution in [3.8, 4) is 0 Å². The Balaban J connectivity index is 2.13. The third-order valence-electron chi connectivity index (χ3n) is 3.48. The third kappa shape index (κ3) is 3.44. The van der Waals surface area contributed by atoms with Gasteiger partial charge in [0.15, 0.2) is 5.13 Å². The van der Waals surface area contributed by atoms with Crippen LogP contribution in [0.3, 0.4) is 0 Å². The molecule has 2 amide bonds. The summed E-state index contributed by atoms with van der Waals surface area (Å²) < 4.78 is 0. The van der Waals surface area contributed by atoms with Gasteiger partial charge < -0.3 is 21.7 Å². The van der Waals surface area contributed by atoms with E-state index in [0.29, 0.717) is 4.88 Å². The second kappa shape index (κ2) is 6.30. The number of amides is 2. The van der Waals surface area contributed by atoms with Crippen LogP contribution in [0, 0.1) is 5.92 Å². The summed E-state index contributed by atoms with van der Waals surface area (Å²) >= 11 is 1.26. The Morgan fingerprint density at radius 1 is 1.33 bits per heavy atom. The van der Waals surface area contributed by atoms with Gasteiger partial charge in [0.2, 0.25) is 5.91 Å². The Morgan fingerprint density at radius 2 is 1.95 bits per heavy atom. The maximum absolute atomic E-state index is 12.3. The van der Waals surface area contributed by atoms with Crippen LogP contribution in [0.5, 0.6) is 0 Å². The van der Waals surface area contributed by atoms with E-state index in [1.54, 1.807) is 0 Å². The number of hydrogen-bond donors (Lipinski definition) is 3. The van der Waals surface area contributed by atoms with Gasteiger partial charge in [-0.15, -0.1) is 0 Å². The molecule has 0 aromatic carbocycles. The van der Waals surface area contributed by atoms with Crippen molar-refractivity contribution in [1.29, 1.82) is 0 Å². The zero-order chi connectivity index (χ0) is 15.6. The van der Waals surface area contributed by atoms with Gasteiger partial charge in [0.05, 0.1) is 0 Å². The number of carbonyl (C=O) groups excluding carboxylic acids is 2. The molecule has 1 unspecified atom stereocenters. The highest BCUT2D eigenvalue weighted by molar-refractivity contribution is 7.18. The van der Waals surface area contributed by atoms with Gasteiger partial charge in [-0.05, 0) is 18.8 Å². The van der Waals surface area contributed by atoms with Crippen LogP contribution < -0.4 is 21.7 Å². The Bertz CT molecular complexity index is 537. The van der Waals surface area contributed by atoms with Crippen molar-refractivity contribution in [1.82, 2.24) is 10.3 Å². The summed E-state index contributed by atoms with van der Waals surface area (Å²) in [5.41, 5.74) is 11.1. The second-order valence-electron chi connectivity index (χ2n) is 5.50. The molecule has 21 heavy (non-hydrogen) atoms. The lowest BCUT2D eigenvalue weighted by Gasteiger charge is -2.18. The Hall–Kier alpha value is -1.83. The SMILES string of the molecule is CC(C)C(NC(=O)c1sc(N2CCCC2)nc1N)C(N)=O.